The van der Waals surface area contributed by atoms with Crippen molar-refractivity contribution in [1.29, 1.82) is 0 Å². The Bertz CT molecular complexity index is 2020. The van der Waals surface area contributed by atoms with Gasteiger partial charge in [0.2, 0.25) is 0 Å². The highest BCUT2D eigenvalue weighted by molar-refractivity contribution is 5.81. The molecule has 0 radical (unpaired) electrons. The highest BCUT2D eigenvalue weighted by atomic mass is 16.5. The monoisotopic (exact) mass is 659 g/mol. The quantitative estimate of drug-likeness (QED) is 0.147. The summed E-state index contributed by atoms with van der Waals surface area (Å²) in [6, 6.07) is 46.1. The molecule has 8 rings (SSSR count). The summed E-state index contributed by atoms with van der Waals surface area (Å²) < 4.78 is 7.87. The molecule has 7 nitrogen and oxygen atoms in total. The Morgan fingerprint density at radius 2 is 1.24 bits per heavy atom. The van der Waals surface area contributed by atoms with E-state index >= 15 is 0 Å². The van der Waals surface area contributed by atoms with Gasteiger partial charge in [-0.25, -0.2) is 14.3 Å². The summed E-state index contributed by atoms with van der Waals surface area (Å²) in [5.41, 5.74) is 9.59. The van der Waals surface area contributed by atoms with E-state index in [1.165, 1.54) is 0 Å². The lowest BCUT2D eigenvalue weighted by Gasteiger charge is -2.37. The summed E-state index contributed by atoms with van der Waals surface area (Å²) in [5.74, 6) is -1.27. The highest BCUT2D eigenvalue weighted by Crippen LogP contribution is 2.45. The van der Waals surface area contributed by atoms with Crippen molar-refractivity contribution in [2.75, 3.05) is 6.61 Å². The van der Waals surface area contributed by atoms with Gasteiger partial charge in [-0.15, -0.1) is 0 Å². The number of benzene rings is 5. The Balaban J connectivity index is 1.12. The number of carbonyl (C=O) groups is 2. The first kappa shape index (κ1) is 31.3. The third kappa shape index (κ3) is 5.35. The van der Waals surface area contributed by atoms with E-state index in [2.05, 4.69) is 70.7 Å². The fraction of sp³-hybridized carbons (Fsp3) is 0.186. The zero-order valence-electron chi connectivity index (χ0n) is 27.5. The van der Waals surface area contributed by atoms with Crippen molar-refractivity contribution in [2.45, 2.75) is 43.2 Å². The number of ether oxygens (including phenoxy) is 1. The average molecular weight is 660 g/mol. The molecule has 50 heavy (non-hydrogen) atoms. The molecule has 1 heterocycles. The number of aliphatic carboxylic acids is 1. The molecule has 2 aliphatic rings. The highest BCUT2D eigenvalue weighted by Gasteiger charge is 2.43. The van der Waals surface area contributed by atoms with Gasteiger partial charge in [-0.05, 0) is 63.8 Å². The number of aromatic nitrogens is 2. The predicted molar refractivity (Wildman–Crippen MR) is 192 cm³/mol. The molecule has 1 unspecified atom stereocenters. The number of hydrogen-bond donors (Lipinski definition) is 2. The Labute approximate surface area is 291 Å². The zero-order chi connectivity index (χ0) is 34.1. The van der Waals surface area contributed by atoms with Crippen LogP contribution in [0.2, 0.25) is 0 Å². The number of carboxylic acids is 1. The minimum Gasteiger partial charge on any atom is -0.480 e. The summed E-state index contributed by atoms with van der Waals surface area (Å²) in [4.78, 5) is 26.0. The van der Waals surface area contributed by atoms with Crippen LogP contribution in [0.3, 0.4) is 0 Å². The molecule has 1 amide bonds. The molecular weight excluding hydrogens is 622 g/mol. The van der Waals surface area contributed by atoms with Gasteiger partial charge in [0.25, 0.3) is 0 Å². The number of fused-ring (bicyclic) bond motifs is 4. The molecule has 0 saturated carbocycles. The van der Waals surface area contributed by atoms with Crippen LogP contribution in [-0.4, -0.2) is 39.6 Å². The molecule has 0 bridgehead atoms. The summed E-state index contributed by atoms with van der Waals surface area (Å²) >= 11 is 0. The molecular formula is C43H37N3O4. The summed E-state index contributed by atoms with van der Waals surface area (Å²) in [5, 5.41) is 18.3. The van der Waals surface area contributed by atoms with Gasteiger partial charge in [0.1, 0.15) is 18.2 Å². The topological polar surface area (TPSA) is 93.5 Å². The van der Waals surface area contributed by atoms with E-state index in [1.54, 1.807) is 0 Å². The Kier molecular flexibility index (Phi) is 8.25. The largest absolute Gasteiger partial charge is 0.480 e. The number of amides is 1. The van der Waals surface area contributed by atoms with E-state index in [9.17, 15) is 14.7 Å². The number of rotatable bonds is 10. The van der Waals surface area contributed by atoms with E-state index in [0.717, 1.165) is 69.5 Å². The van der Waals surface area contributed by atoms with Gasteiger partial charge in [0.05, 0.1) is 5.69 Å². The van der Waals surface area contributed by atoms with E-state index in [1.807, 2.05) is 78.9 Å². The van der Waals surface area contributed by atoms with Crippen molar-refractivity contribution >= 4 is 12.1 Å². The molecule has 0 aliphatic heterocycles. The summed E-state index contributed by atoms with van der Waals surface area (Å²) in [6.45, 7) is 0.101. The van der Waals surface area contributed by atoms with E-state index in [-0.39, 0.29) is 18.9 Å². The number of carboxylic acid groups (broad SMARTS) is 1. The van der Waals surface area contributed by atoms with Crippen LogP contribution in [-0.2, 0) is 34.3 Å². The fourth-order valence-corrected chi connectivity index (χ4v) is 8.04. The maximum Gasteiger partial charge on any atom is 0.407 e. The minimum absolute atomic E-state index is 0.0311. The Hall–Kier alpha value is -5.95. The number of alkyl carbamates (subject to hydrolysis) is 1. The third-order valence-corrected chi connectivity index (χ3v) is 10.2. The van der Waals surface area contributed by atoms with Crippen LogP contribution in [0.25, 0.3) is 11.1 Å². The third-order valence-electron chi connectivity index (χ3n) is 10.2. The van der Waals surface area contributed by atoms with Crippen LogP contribution in [0, 0.1) is 0 Å². The van der Waals surface area contributed by atoms with Crippen LogP contribution >= 0.6 is 0 Å². The van der Waals surface area contributed by atoms with Gasteiger partial charge < -0.3 is 15.2 Å². The lowest BCUT2D eigenvalue weighted by molar-refractivity contribution is -0.139. The molecule has 0 fully saturated rings. The van der Waals surface area contributed by atoms with Crippen molar-refractivity contribution in [3.8, 4) is 11.1 Å². The molecule has 6 aromatic rings. The first-order valence-electron chi connectivity index (χ1n) is 17.2. The molecule has 1 aromatic heterocycles. The SMILES string of the molecule is O=C(NC(Cc1nn(C(c2ccccc2)(c2ccccc2)c2ccccc2)c2c1CCC2)C(=O)O)OCC1c2ccccc2-c2ccccc21. The number of carbonyl (C=O) groups excluding carboxylic acids is 1. The molecule has 0 saturated heterocycles. The van der Waals surface area contributed by atoms with Crippen molar-refractivity contribution in [3.63, 3.8) is 0 Å². The van der Waals surface area contributed by atoms with E-state index in [0.29, 0.717) is 5.69 Å². The van der Waals surface area contributed by atoms with Crippen LogP contribution in [0.1, 0.15) is 57.1 Å². The van der Waals surface area contributed by atoms with E-state index in [4.69, 9.17) is 9.84 Å². The molecule has 248 valence electrons. The van der Waals surface area contributed by atoms with Crippen molar-refractivity contribution in [2.24, 2.45) is 0 Å². The number of nitrogens with zero attached hydrogens (tertiary/aromatic N) is 2. The number of hydrogen-bond acceptors (Lipinski definition) is 4. The Morgan fingerprint density at radius 3 is 1.76 bits per heavy atom. The molecule has 7 heteroatoms. The van der Waals surface area contributed by atoms with Crippen LogP contribution in [0.4, 0.5) is 4.79 Å². The lowest BCUT2D eigenvalue weighted by atomic mass is 9.77. The molecule has 0 spiro atoms. The van der Waals surface area contributed by atoms with Crippen LogP contribution in [0.5, 0.6) is 0 Å². The van der Waals surface area contributed by atoms with E-state index < -0.39 is 23.6 Å². The predicted octanol–water partition coefficient (Wildman–Crippen LogP) is 7.75. The standard InChI is InChI=1S/C43H37N3O4/c47-41(48)39(44-42(49)50-28-37-34-23-12-10-21-32(34)33-22-11-13-24-35(33)37)27-38-36-25-14-26-40(36)46(45-38)43(29-15-4-1-5-16-29,30-17-6-2-7-18-30)31-19-8-3-9-20-31/h1-13,15-24,37,39H,14,25-28H2,(H,44,49)(H,47,48). The van der Waals surface area contributed by atoms with Gasteiger partial charge in [0, 0.05) is 18.0 Å². The van der Waals surface area contributed by atoms with Gasteiger partial charge in [0.15, 0.2) is 0 Å². The maximum atomic E-state index is 13.3. The zero-order valence-corrected chi connectivity index (χ0v) is 27.5. The Morgan fingerprint density at radius 1 is 0.740 bits per heavy atom. The molecule has 2 aliphatic carbocycles. The first-order chi connectivity index (χ1) is 24.6. The smallest absolute Gasteiger partial charge is 0.407 e. The van der Waals surface area contributed by atoms with Gasteiger partial charge in [-0.1, -0.05) is 140 Å². The fourth-order valence-electron chi connectivity index (χ4n) is 8.04. The van der Waals surface area contributed by atoms with Crippen molar-refractivity contribution in [1.82, 2.24) is 15.1 Å². The minimum atomic E-state index is -1.22. The van der Waals surface area contributed by atoms with Gasteiger partial charge in [-0.2, -0.15) is 5.10 Å². The normalized spacial score (nSPS) is 14.0. The van der Waals surface area contributed by atoms with Crippen molar-refractivity contribution < 1.29 is 19.4 Å². The van der Waals surface area contributed by atoms with Gasteiger partial charge in [-0.3, -0.25) is 0 Å². The van der Waals surface area contributed by atoms with Gasteiger partial charge >= 0.3 is 12.1 Å². The van der Waals surface area contributed by atoms with Crippen LogP contribution < -0.4 is 5.32 Å². The second kappa shape index (κ2) is 13.2. The number of nitrogens with one attached hydrogen (secondary N) is 1. The maximum absolute atomic E-state index is 13.3. The first-order valence-corrected chi connectivity index (χ1v) is 17.2. The summed E-state index contributed by atoms with van der Waals surface area (Å²) in [7, 11) is 0. The van der Waals surface area contributed by atoms with Crippen molar-refractivity contribution in [3.05, 3.63) is 184 Å². The molecule has 5 aromatic carbocycles. The second-order valence-electron chi connectivity index (χ2n) is 13.0. The average Bonchev–Trinajstić information content (AvgIpc) is 3.86. The second-order valence-corrected chi connectivity index (χ2v) is 13.0. The molecule has 2 N–H and O–H groups in total. The molecule has 1 atom stereocenters. The van der Waals surface area contributed by atoms with Crippen LogP contribution in [0.15, 0.2) is 140 Å². The summed E-state index contributed by atoms with van der Waals surface area (Å²) in [6.07, 6.45) is 1.81. The lowest BCUT2D eigenvalue weighted by Crippen LogP contribution is -2.43.